The van der Waals surface area contributed by atoms with Crippen molar-refractivity contribution in [3.05, 3.63) is 34.9 Å². The molecule has 0 unspecified atom stereocenters. The van der Waals surface area contributed by atoms with Crippen LogP contribution in [0.4, 0.5) is 21.0 Å². The number of alkyl halides is 1. The van der Waals surface area contributed by atoms with Gasteiger partial charge in [-0.1, -0.05) is 30.9 Å². The van der Waals surface area contributed by atoms with Crippen molar-refractivity contribution in [2.24, 2.45) is 5.92 Å². The number of hydrogen-bond donors (Lipinski definition) is 4. The maximum Gasteiger partial charge on any atom is 0.407 e. The molecule has 4 heterocycles. The highest BCUT2D eigenvalue weighted by atomic mass is 35.5. The van der Waals surface area contributed by atoms with Gasteiger partial charge in [0.05, 0.1) is 12.3 Å². The van der Waals surface area contributed by atoms with Gasteiger partial charge in [-0.2, -0.15) is 5.10 Å². The van der Waals surface area contributed by atoms with Crippen LogP contribution in [0.25, 0.3) is 5.65 Å². The number of aromatic nitrogens is 5. The van der Waals surface area contributed by atoms with Crippen LogP contribution in [-0.2, 0) is 9.47 Å². The molecule has 3 aliphatic rings. The number of ether oxygens (including phenoxy) is 2. The monoisotopic (exact) mass is 546 g/mol. The third kappa shape index (κ3) is 5.39. The van der Waals surface area contributed by atoms with Gasteiger partial charge in [-0.3, -0.25) is 14.3 Å². The lowest BCUT2D eigenvalue weighted by Crippen LogP contribution is -2.35. The number of nitrogens with zero attached hydrogens (tertiary/aromatic N) is 4. The van der Waals surface area contributed by atoms with Crippen molar-refractivity contribution in [2.45, 2.75) is 62.9 Å². The van der Waals surface area contributed by atoms with Crippen LogP contribution in [0.1, 0.15) is 60.8 Å². The van der Waals surface area contributed by atoms with E-state index in [1.54, 1.807) is 22.7 Å². The SMILES string of the molecule is O=C(NCCC1CCC1)O[C@H]1CO[C@@H](c2cc(Nc3nc(Cl)cc4nc(C(=O)NC5CC5)cn34)n[nH]2)[C@H]1F. The molecule has 0 aromatic carbocycles. The second kappa shape index (κ2) is 10.4. The summed E-state index contributed by atoms with van der Waals surface area (Å²) in [7, 11) is 0. The fourth-order valence-corrected chi connectivity index (χ4v) is 4.76. The molecule has 1 saturated heterocycles. The molecule has 3 fully saturated rings. The van der Waals surface area contributed by atoms with E-state index in [-0.39, 0.29) is 35.4 Å². The topological polar surface area (TPSA) is 148 Å². The maximum absolute atomic E-state index is 15.1. The second-order valence-corrected chi connectivity index (χ2v) is 10.4. The van der Waals surface area contributed by atoms with Crippen LogP contribution in [0.3, 0.4) is 0 Å². The number of halogens is 2. The summed E-state index contributed by atoms with van der Waals surface area (Å²) < 4.78 is 27.5. The molecule has 0 bridgehead atoms. The highest BCUT2D eigenvalue weighted by molar-refractivity contribution is 6.29. The van der Waals surface area contributed by atoms with E-state index in [2.05, 4.69) is 36.1 Å². The zero-order valence-corrected chi connectivity index (χ0v) is 21.2. The molecule has 14 heteroatoms. The first-order valence-corrected chi connectivity index (χ1v) is 13.2. The van der Waals surface area contributed by atoms with Crippen molar-refractivity contribution < 1.29 is 23.5 Å². The van der Waals surface area contributed by atoms with Crippen molar-refractivity contribution in [1.82, 2.24) is 35.2 Å². The fraction of sp³-hybridized carbons (Fsp3) is 0.542. The van der Waals surface area contributed by atoms with E-state index in [9.17, 15) is 9.59 Å². The number of anilines is 2. The average Bonchev–Trinajstić information content (AvgIpc) is 3.22. The molecular weight excluding hydrogens is 519 g/mol. The van der Waals surface area contributed by atoms with E-state index < -0.39 is 24.5 Å². The lowest BCUT2D eigenvalue weighted by atomic mass is 9.83. The van der Waals surface area contributed by atoms with Gasteiger partial charge >= 0.3 is 6.09 Å². The Bertz CT molecular complexity index is 1340. The quantitative estimate of drug-likeness (QED) is 0.298. The van der Waals surface area contributed by atoms with Crippen LogP contribution in [0.15, 0.2) is 18.3 Å². The lowest BCUT2D eigenvalue weighted by molar-refractivity contribution is 0.0624. The number of aromatic amines is 1. The Morgan fingerprint density at radius 2 is 2.08 bits per heavy atom. The predicted molar refractivity (Wildman–Crippen MR) is 134 cm³/mol. The first-order valence-electron chi connectivity index (χ1n) is 12.8. The molecule has 4 N–H and O–H groups in total. The molecule has 0 spiro atoms. The van der Waals surface area contributed by atoms with Crippen LogP contribution in [0.2, 0.25) is 5.15 Å². The number of amides is 2. The fourth-order valence-electron chi connectivity index (χ4n) is 4.58. The van der Waals surface area contributed by atoms with E-state index in [0.29, 0.717) is 29.6 Å². The predicted octanol–water partition coefficient (Wildman–Crippen LogP) is 3.44. The maximum atomic E-state index is 15.1. The molecule has 3 aromatic heterocycles. The summed E-state index contributed by atoms with van der Waals surface area (Å²) in [6.45, 7) is 0.447. The molecule has 3 atom stereocenters. The highest BCUT2D eigenvalue weighted by Gasteiger charge is 2.42. The number of nitrogens with one attached hydrogen (secondary N) is 4. The smallest absolute Gasteiger partial charge is 0.407 e. The first-order chi connectivity index (χ1) is 18.4. The minimum absolute atomic E-state index is 0.0686. The Hall–Kier alpha value is -3.45. The number of H-pyrrole nitrogens is 1. The van der Waals surface area contributed by atoms with Gasteiger partial charge in [0.1, 0.15) is 22.6 Å². The molecule has 2 amide bonds. The van der Waals surface area contributed by atoms with E-state index in [0.717, 1.165) is 19.3 Å². The molecule has 2 aliphatic carbocycles. The molecule has 202 valence electrons. The van der Waals surface area contributed by atoms with Gasteiger partial charge in [-0.25, -0.2) is 19.2 Å². The summed E-state index contributed by atoms with van der Waals surface area (Å²) in [5, 5.41) is 15.7. The normalized spacial score (nSPS) is 23.3. The minimum atomic E-state index is -1.57. The summed E-state index contributed by atoms with van der Waals surface area (Å²) in [5.74, 6) is 0.985. The number of fused-ring (bicyclic) bond motifs is 1. The standard InChI is InChI=1S/C24H28ClFN8O4/c25-17-9-19-29-15(22(35)28-13-4-5-13)10-34(19)23(30-17)31-18-8-14(32-33-18)21-20(26)16(11-37-21)38-24(36)27-7-6-12-2-1-3-12/h8-10,12-13,16,20-21H,1-7,11H2,(H,27,36)(H,28,35)(H2,30,31,32,33)/t16-,20-,21-/m0/s1. The first kappa shape index (κ1) is 24.9. The minimum Gasteiger partial charge on any atom is -0.441 e. The van der Waals surface area contributed by atoms with Crippen LogP contribution in [0, 0.1) is 5.92 Å². The Morgan fingerprint density at radius 3 is 2.84 bits per heavy atom. The van der Waals surface area contributed by atoms with E-state index >= 15 is 4.39 Å². The molecule has 0 radical (unpaired) electrons. The molecule has 3 aromatic rings. The van der Waals surface area contributed by atoms with Gasteiger partial charge in [-0.05, 0) is 25.2 Å². The second-order valence-electron chi connectivity index (χ2n) is 9.99. The largest absolute Gasteiger partial charge is 0.441 e. The average molecular weight is 547 g/mol. The summed E-state index contributed by atoms with van der Waals surface area (Å²) in [4.78, 5) is 33.1. The van der Waals surface area contributed by atoms with Gasteiger partial charge in [0.25, 0.3) is 5.91 Å². The number of carbonyl (C=O) groups is 2. The number of imidazole rings is 1. The van der Waals surface area contributed by atoms with Gasteiger partial charge in [0, 0.05) is 30.9 Å². The van der Waals surface area contributed by atoms with Crippen molar-refractivity contribution in [2.75, 3.05) is 18.5 Å². The molecule has 12 nitrogen and oxygen atoms in total. The summed E-state index contributed by atoms with van der Waals surface area (Å²) in [6, 6.07) is 3.31. The summed E-state index contributed by atoms with van der Waals surface area (Å²) >= 11 is 6.17. The van der Waals surface area contributed by atoms with Crippen molar-refractivity contribution in [3.63, 3.8) is 0 Å². The third-order valence-corrected chi connectivity index (χ3v) is 7.29. The zero-order chi connectivity index (χ0) is 26.2. The van der Waals surface area contributed by atoms with Crippen LogP contribution < -0.4 is 16.0 Å². The third-order valence-electron chi connectivity index (χ3n) is 7.10. The Morgan fingerprint density at radius 1 is 1.24 bits per heavy atom. The van der Waals surface area contributed by atoms with Crippen LogP contribution in [0.5, 0.6) is 0 Å². The van der Waals surface area contributed by atoms with E-state index in [1.807, 2.05) is 0 Å². The molecule has 6 rings (SSSR count). The van der Waals surface area contributed by atoms with Crippen molar-refractivity contribution >= 4 is 41.0 Å². The molecule has 2 saturated carbocycles. The van der Waals surface area contributed by atoms with Gasteiger partial charge in [0.15, 0.2) is 18.1 Å². The number of alkyl carbamates (subject to hydrolysis) is 1. The van der Waals surface area contributed by atoms with Gasteiger partial charge < -0.3 is 25.4 Å². The lowest BCUT2D eigenvalue weighted by Gasteiger charge is -2.25. The van der Waals surface area contributed by atoms with Gasteiger partial charge in [-0.15, -0.1) is 0 Å². The highest BCUT2D eigenvalue weighted by Crippen LogP contribution is 2.34. The van der Waals surface area contributed by atoms with E-state index in [1.165, 1.54) is 19.3 Å². The Balaban J connectivity index is 1.08. The molecule has 1 aliphatic heterocycles. The van der Waals surface area contributed by atoms with E-state index in [4.69, 9.17) is 21.1 Å². The Labute approximate surface area is 222 Å². The summed E-state index contributed by atoms with van der Waals surface area (Å²) in [6.07, 6.45) is 3.81. The summed E-state index contributed by atoms with van der Waals surface area (Å²) in [5.41, 5.74) is 1.03. The number of hydrogen-bond acceptors (Lipinski definition) is 8. The molecular formula is C24H28ClFN8O4. The van der Waals surface area contributed by atoms with Crippen molar-refractivity contribution in [1.29, 1.82) is 0 Å². The number of carbonyl (C=O) groups excluding carboxylic acids is 2. The zero-order valence-electron chi connectivity index (χ0n) is 20.5. The van der Waals surface area contributed by atoms with Crippen molar-refractivity contribution in [3.8, 4) is 0 Å². The van der Waals surface area contributed by atoms with Crippen LogP contribution in [-0.4, -0.2) is 68.0 Å². The number of rotatable bonds is 9. The Kier molecular flexibility index (Phi) is 6.78. The van der Waals surface area contributed by atoms with Crippen LogP contribution >= 0.6 is 11.6 Å². The molecule has 38 heavy (non-hydrogen) atoms. The van der Waals surface area contributed by atoms with Gasteiger partial charge in [0.2, 0.25) is 5.95 Å².